The number of hydrogen-bond acceptors (Lipinski definition) is 6. The second-order valence-electron chi connectivity index (χ2n) is 5.81. The minimum absolute atomic E-state index is 0.267. The molecule has 0 saturated heterocycles. The van der Waals surface area contributed by atoms with Gasteiger partial charge < -0.3 is 19.8 Å². The van der Waals surface area contributed by atoms with E-state index in [1.54, 1.807) is 19.4 Å². The molecule has 0 saturated carbocycles. The van der Waals surface area contributed by atoms with Gasteiger partial charge in [0.1, 0.15) is 17.2 Å². The lowest BCUT2D eigenvalue weighted by atomic mass is 10.2. The number of nitrogens with zero attached hydrogens (tertiary/aromatic N) is 2. The van der Waals surface area contributed by atoms with E-state index in [-0.39, 0.29) is 11.6 Å². The molecule has 0 fully saturated rings. The molecule has 134 valence electrons. The molecule has 0 radical (unpaired) electrons. The van der Waals surface area contributed by atoms with Crippen molar-refractivity contribution in [2.45, 2.75) is 20.4 Å². The highest BCUT2D eigenvalue weighted by atomic mass is 16.5. The van der Waals surface area contributed by atoms with Crippen LogP contribution in [0.2, 0.25) is 0 Å². The molecule has 26 heavy (non-hydrogen) atoms. The van der Waals surface area contributed by atoms with E-state index in [4.69, 9.17) is 9.15 Å². The van der Waals surface area contributed by atoms with Crippen molar-refractivity contribution in [3.63, 3.8) is 0 Å². The summed E-state index contributed by atoms with van der Waals surface area (Å²) in [7, 11) is 1.56. The van der Waals surface area contributed by atoms with Gasteiger partial charge in [0.25, 0.3) is 5.91 Å². The van der Waals surface area contributed by atoms with Crippen molar-refractivity contribution >= 4 is 17.5 Å². The lowest BCUT2D eigenvalue weighted by molar-refractivity contribution is 0.102. The summed E-state index contributed by atoms with van der Waals surface area (Å²) in [5.74, 6) is 1.37. The zero-order chi connectivity index (χ0) is 18.5. The number of nitrogens with one attached hydrogen (secondary N) is 2. The first-order valence-electron chi connectivity index (χ1n) is 8.13. The fraction of sp³-hybridized carbons (Fsp3) is 0.211. The number of ether oxygens (including phenoxy) is 1. The molecule has 0 aliphatic rings. The molecule has 0 aliphatic heterocycles. The van der Waals surface area contributed by atoms with Crippen LogP contribution in [-0.4, -0.2) is 23.0 Å². The first-order valence-corrected chi connectivity index (χ1v) is 8.13. The Balaban J connectivity index is 1.78. The molecule has 0 aliphatic carbocycles. The summed E-state index contributed by atoms with van der Waals surface area (Å²) < 4.78 is 10.6. The van der Waals surface area contributed by atoms with Crippen molar-refractivity contribution < 1.29 is 13.9 Å². The van der Waals surface area contributed by atoms with Gasteiger partial charge in [-0.25, -0.2) is 9.97 Å². The van der Waals surface area contributed by atoms with E-state index in [9.17, 15) is 4.79 Å². The molecule has 1 amide bonds. The maximum Gasteiger partial charge on any atom is 0.274 e. The fourth-order valence-corrected chi connectivity index (χ4v) is 2.45. The molecular weight excluding hydrogens is 332 g/mol. The van der Waals surface area contributed by atoms with Gasteiger partial charge in [0.05, 0.1) is 25.6 Å². The smallest absolute Gasteiger partial charge is 0.274 e. The van der Waals surface area contributed by atoms with Crippen LogP contribution in [0.1, 0.15) is 27.5 Å². The largest absolute Gasteiger partial charge is 0.495 e. The molecule has 2 aromatic heterocycles. The zero-order valence-electron chi connectivity index (χ0n) is 14.9. The number of furan rings is 1. The summed E-state index contributed by atoms with van der Waals surface area (Å²) >= 11 is 0. The van der Waals surface area contributed by atoms with Gasteiger partial charge in [0, 0.05) is 5.69 Å². The van der Waals surface area contributed by atoms with E-state index in [1.807, 2.05) is 44.2 Å². The van der Waals surface area contributed by atoms with Crippen LogP contribution in [0.5, 0.6) is 5.75 Å². The van der Waals surface area contributed by atoms with Crippen LogP contribution < -0.4 is 15.4 Å². The number of amides is 1. The maximum absolute atomic E-state index is 12.6. The van der Waals surface area contributed by atoms with E-state index >= 15 is 0 Å². The second kappa shape index (κ2) is 7.69. The SMILES string of the molecule is COc1ccc(C)cc1NC(=O)c1cc(C)nc(NCc2ccco2)n1. The van der Waals surface area contributed by atoms with Gasteiger partial charge >= 0.3 is 0 Å². The second-order valence-corrected chi connectivity index (χ2v) is 5.81. The Labute approximate surface area is 151 Å². The van der Waals surface area contributed by atoms with Gasteiger partial charge in [0.15, 0.2) is 0 Å². The molecule has 7 heteroatoms. The topological polar surface area (TPSA) is 89.3 Å². The lowest BCUT2D eigenvalue weighted by Crippen LogP contribution is -2.16. The summed E-state index contributed by atoms with van der Waals surface area (Å²) in [4.78, 5) is 21.2. The van der Waals surface area contributed by atoms with Crippen molar-refractivity contribution in [1.82, 2.24) is 9.97 Å². The van der Waals surface area contributed by atoms with Crippen molar-refractivity contribution in [3.05, 3.63) is 65.4 Å². The lowest BCUT2D eigenvalue weighted by Gasteiger charge is -2.11. The molecule has 0 atom stereocenters. The summed E-state index contributed by atoms with van der Waals surface area (Å²) in [6, 6.07) is 10.9. The summed E-state index contributed by atoms with van der Waals surface area (Å²) in [5.41, 5.74) is 2.56. The van der Waals surface area contributed by atoms with Crippen LogP contribution >= 0.6 is 0 Å². The van der Waals surface area contributed by atoms with E-state index in [0.29, 0.717) is 29.6 Å². The molecule has 2 heterocycles. The highest BCUT2D eigenvalue weighted by Gasteiger charge is 2.14. The monoisotopic (exact) mass is 352 g/mol. The third-order valence-corrected chi connectivity index (χ3v) is 3.69. The number of aryl methyl sites for hydroxylation is 2. The molecule has 7 nitrogen and oxygen atoms in total. The number of carbonyl (C=O) groups is 1. The molecular formula is C19H20N4O3. The first kappa shape index (κ1) is 17.5. The van der Waals surface area contributed by atoms with E-state index in [2.05, 4.69) is 20.6 Å². The average Bonchev–Trinajstić information content (AvgIpc) is 3.13. The van der Waals surface area contributed by atoms with Crippen molar-refractivity contribution in [2.24, 2.45) is 0 Å². The van der Waals surface area contributed by atoms with Crippen molar-refractivity contribution in [1.29, 1.82) is 0 Å². The molecule has 1 aromatic carbocycles. The molecule has 0 unspecified atom stereocenters. The third-order valence-electron chi connectivity index (χ3n) is 3.69. The number of aromatic nitrogens is 2. The Hall–Kier alpha value is -3.35. The minimum Gasteiger partial charge on any atom is -0.495 e. The zero-order valence-corrected chi connectivity index (χ0v) is 14.9. The van der Waals surface area contributed by atoms with Gasteiger partial charge in [-0.15, -0.1) is 0 Å². The summed E-state index contributed by atoms with van der Waals surface area (Å²) in [5, 5.41) is 5.90. The van der Waals surface area contributed by atoms with Crippen LogP contribution in [-0.2, 0) is 6.54 Å². The van der Waals surface area contributed by atoms with Crippen LogP contribution in [0.15, 0.2) is 47.1 Å². The van der Waals surface area contributed by atoms with Gasteiger partial charge in [-0.05, 0) is 49.7 Å². The van der Waals surface area contributed by atoms with Gasteiger partial charge in [-0.2, -0.15) is 0 Å². The Bertz CT molecular complexity index is 907. The Morgan fingerprint density at radius 3 is 2.77 bits per heavy atom. The van der Waals surface area contributed by atoms with E-state index in [0.717, 1.165) is 11.3 Å². The first-order chi connectivity index (χ1) is 12.5. The Kier molecular flexibility index (Phi) is 5.17. The van der Waals surface area contributed by atoms with E-state index < -0.39 is 0 Å². The Morgan fingerprint density at radius 2 is 2.04 bits per heavy atom. The quantitative estimate of drug-likeness (QED) is 0.705. The molecule has 2 N–H and O–H groups in total. The van der Waals surface area contributed by atoms with Gasteiger partial charge in [0.2, 0.25) is 5.95 Å². The standard InChI is InChI=1S/C19H20N4O3/c1-12-6-7-17(25-3)15(9-12)22-18(24)16-10-13(2)21-19(23-16)20-11-14-5-4-8-26-14/h4-10H,11H2,1-3H3,(H,22,24)(H,20,21,23). The van der Waals surface area contributed by atoms with Crippen molar-refractivity contribution in [3.8, 4) is 5.75 Å². The van der Waals surface area contributed by atoms with Gasteiger partial charge in [-0.3, -0.25) is 4.79 Å². The summed E-state index contributed by atoms with van der Waals surface area (Å²) in [6.45, 7) is 4.19. The maximum atomic E-state index is 12.6. The molecule has 0 spiro atoms. The van der Waals surface area contributed by atoms with Gasteiger partial charge in [-0.1, -0.05) is 6.07 Å². The normalized spacial score (nSPS) is 10.4. The summed E-state index contributed by atoms with van der Waals surface area (Å²) in [6.07, 6.45) is 1.60. The van der Waals surface area contributed by atoms with Crippen LogP contribution in [0.3, 0.4) is 0 Å². The molecule has 3 rings (SSSR count). The number of benzene rings is 1. The molecule has 3 aromatic rings. The number of anilines is 2. The third kappa shape index (κ3) is 4.18. The van der Waals surface area contributed by atoms with Crippen LogP contribution in [0, 0.1) is 13.8 Å². The predicted octanol–water partition coefficient (Wildman–Crippen LogP) is 3.56. The number of hydrogen-bond donors (Lipinski definition) is 2. The molecule has 0 bridgehead atoms. The number of rotatable bonds is 6. The highest BCUT2D eigenvalue weighted by Crippen LogP contribution is 2.25. The Morgan fingerprint density at radius 1 is 1.19 bits per heavy atom. The highest BCUT2D eigenvalue weighted by molar-refractivity contribution is 6.04. The number of methoxy groups -OCH3 is 1. The predicted molar refractivity (Wildman–Crippen MR) is 98.5 cm³/mol. The minimum atomic E-state index is -0.333. The fourth-order valence-electron chi connectivity index (χ4n) is 2.45. The van der Waals surface area contributed by atoms with E-state index in [1.165, 1.54) is 0 Å². The number of carbonyl (C=O) groups excluding carboxylic acids is 1. The van der Waals surface area contributed by atoms with Crippen LogP contribution in [0.4, 0.5) is 11.6 Å². The van der Waals surface area contributed by atoms with Crippen LogP contribution in [0.25, 0.3) is 0 Å². The van der Waals surface area contributed by atoms with Crippen molar-refractivity contribution in [2.75, 3.05) is 17.7 Å². The average molecular weight is 352 g/mol.